The molecule has 0 fully saturated rings. The van der Waals surface area contributed by atoms with E-state index in [9.17, 15) is 0 Å². The Kier molecular flexibility index (Phi) is 3.28. The summed E-state index contributed by atoms with van der Waals surface area (Å²) in [5, 5.41) is 2.85. The van der Waals surface area contributed by atoms with Gasteiger partial charge in [0.05, 0.1) is 6.26 Å². The number of benzene rings is 2. The zero-order valence-corrected chi connectivity index (χ0v) is 11.1. The summed E-state index contributed by atoms with van der Waals surface area (Å²) in [6.07, 6.45) is 2.31. The van der Waals surface area contributed by atoms with Gasteiger partial charge in [-0.1, -0.05) is 42.5 Å². The van der Waals surface area contributed by atoms with Crippen molar-refractivity contribution in [3.05, 3.63) is 71.1 Å². The van der Waals surface area contributed by atoms with E-state index < -0.39 is 0 Å². The number of hydrogen-bond donors (Lipinski definition) is 1. The van der Waals surface area contributed by atoms with E-state index in [4.69, 9.17) is 21.8 Å². The van der Waals surface area contributed by atoms with Crippen molar-refractivity contribution in [1.82, 2.24) is 0 Å². The van der Waals surface area contributed by atoms with E-state index in [-0.39, 0.29) is 6.04 Å². The maximum absolute atomic E-state index is 6.22. The summed E-state index contributed by atoms with van der Waals surface area (Å²) >= 11 is 5.97. The first-order chi connectivity index (χ1) is 9.25. The molecule has 0 aliphatic heterocycles. The molecule has 0 saturated carbocycles. The molecule has 2 nitrogen and oxygen atoms in total. The SMILES string of the molecule is NC(Cc1cccc2ccccc12)c1ccoc1Cl. The van der Waals surface area contributed by atoms with Crippen molar-refractivity contribution in [2.24, 2.45) is 5.73 Å². The Morgan fingerprint density at radius 1 is 1.05 bits per heavy atom. The molecule has 3 rings (SSSR count). The smallest absolute Gasteiger partial charge is 0.197 e. The molecule has 1 unspecified atom stereocenters. The first-order valence-corrected chi connectivity index (χ1v) is 6.58. The van der Waals surface area contributed by atoms with Crippen molar-refractivity contribution < 1.29 is 4.42 Å². The topological polar surface area (TPSA) is 39.2 Å². The molecule has 0 radical (unpaired) electrons. The van der Waals surface area contributed by atoms with Gasteiger partial charge in [-0.25, -0.2) is 0 Å². The Morgan fingerprint density at radius 2 is 1.84 bits per heavy atom. The van der Waals surface area contributed by atoms with Crippen LogP contribution in [-0.2, 0) is 6.42 Å². The van der Waals surface area contributed by atoms with Crippen LogP contribution in [0, 0.1) is 0 Å². The summed E-state index contributed by atoms with van der Waals surface area (Å²) in [6, 6.07) is 16.3. The third kappa shape index (κ3) is 2.37. The maximum atomic E-state index is 6.22. The van der Waals surface area contributed by atoms with Gasteiger partial charge in [0.25, 0.3) is 0 Å². The van der Waals surface area contributed by atoms with Crippen LogP contribution in [0.1, 0.15) is 17.2 Å². The molecule has 3 aromatic rings. The van der Waals surface area contributed by atoms with Crippen molar-refractivity contribution in [1.29, 1.82) is 0 Å². The number of rotatable bonds is 3. The minimum absolute atomic E-state index is 0.156. The van der Waals surface area contributed by atoms with E-state index in [1.807, 2.05) is 18.2 Å². The van der Waals surface area contributed by atoms with Gasteiger partial charge in [0.15, 0.2) is 5.22 Å². The summed E-state index contributed by atoms with van der Waals surface area (Å²) < 4.78 is 5.10. The molecular formula is C16H14ClNO. The van der Waals surface area contributed by atoms with Gasteiger partial charge in [-0.3, -0.25) is 0 Å². The van der Waals surface area contributed by atoms with Gasteiger partial charge in [-0.05, 0) is 40.4 Å². The molecule has 19 heavy (non-hydrogen) atoms. The average Bonchev–Trinajstić information content (AvgIpc) is 2.85. The van der Waals surface area contributed by atoms with Gasteiger partial charge in [0.2, 0.25) is 0 Å². The molecule has 1 aromatic heterocycles. The molecule has 0 saturated heterocycles. The fourth-order valence-electron chi connectivity index (χ4n) is 2.39. The molecule has 2 N–H and O–H groups in total. The minimum atomic E-state index is -0.156. The van der Waals surface area contributed by atoms with Crippen LogP contribution in [0.15, 0.2) is 59.2 Å². The second-order valence-corrected chi connectivity index (χ2v) is 4.94. The molecule has 0 aliphatic rings. The van der Waals surface area contributed by atoms with E-state index in [1.165, 1.54) is 16.3 Å². The Morgan fingerprint density at radius 3 is 2.63 bits per heavy atom. The fraction of sp³-hybridized carbons (Fsp3) is 0.125. The average molecular weight is 272 g/mol. The second kappa shape index (κ2) is 5.08. The zero-order valence-electron chi connectivity index (χ0n) is 10.3. The van der Waals surface area contributed by atoms with Crippen LogP contribution in [-0.4, -0.2) is 0 Å². The van der Waals surface area contributed by atoms with Crippen LogP contribution in [0.25, 0.3) is 10.8 Å². The van der Waals surface area contributed by atoms with Crippen LogP contribution >= 0.6 is 11.6 Å². The summed E-state index contributed by atoms with van der Waals surface area (Å²) in [4.78, 5) is 0. The van der Waals surface area contributed by atoms with Gasteiger partial charge in [0.1, 0.15) is 0 Å². The number of hydrogen-bond acceptors (Lipinski definition) is 2. The zero-order chi connectivity index (χ0) is 13.2. The third-order valence-corrected chi connectivity index (χ3v) is 3.67. The van der Waals surface area contributed by atoms with Crippen molar-refractivity contribution in [2.75, 3.05) is 0 Å². The molecule has 0 amide bonds. The number of furan rings is 1. The van der Waals surface area contributed by atoms with Gasteiger partial charge in [-0.15, -0.1) is 0 Å². The quantitative estimate of drug-likeness (QED) is 0.770. The Bertz CT molecular complexity index is 699. The van der Waals surface area contributed by atoms with Crippen LogP contribution < -0.4 is 5.73 Å². The lowest BCUT2D eigenvalue weighted by atomic mass is 9.97. The number of nitrogens with two attached hydrogens (primary N) is 1. The van der Waals surface area contributed by atoms with Crippen molar-refractivity contribution in [3.8, 4) is 0 Å². The Hall–Kier alpha value is -1.77. The van der Waals surface area contributed by atoms with E-state index in [0.29, 0.717) is 5.22 Å². The lowest BCUT2D eigenvalue weighted by molar-refractivity contribution is 0.560. The molecule has 0 bridgehead atoms. The highest BCUT2D eigenvalue weighted by Gasteiger charge is 2.14. The molecule has 3 heteroatoms. The molecular weight excluding hydrogens is 258 g/mol. The minimum Gasteiger partial charge on any atom is -0.453 e. The maximum Gasteiger partial charge on any atom is 0.197 e. The summed E-state index contributed by atoms with van der Waals surface area (Å²) in [7, 11) is 0. The van der Waals surface area contributed by atoms with E-state index in [1.54, 1.807) is 6.26 Å². The highest BCUT2D eigenvalue weighted by atomic mass is 35.5. The van der Waals surface area contributed by atoms with Crippen molar-refractivity contribution >= 4 is 22.4 Å². The summed E-state index contributed by atoms with van der Waals surface area (Å²) in [5.74, 6) is 0. The molecule has 1 heterocycles. The number of halogens is 1. The fourth-order valence-corrected chi connectivity index (χ4v) is 2.64. The van der Waals surface area contributed by atoms with Crippen LogP contribution in [0.2, 0.25) is 5.22 Å². The monoisotopic (exact) mass is 271 g/mol. The number of fused-ring (bicyclic) bond motifs is 1. The largest absolute Gasteiger partial charge is 0.453 e. The van der Waals surface area contributed by atoms with Crippen molar-refractivity contribution in [3.63, 3.8) is 0 Å². The second-order valence-electron chi connectivity index (χ2n) is 4.60. The molecule has 1 atom stereocenters. The highest BCUT2D eigenvalue weighted by molar-refractivity contribution is 6.29. The van der Waals surface area contributed by atoms with Crippen molar-refractivity contribution in [2.45, 2.75) is 12.5 Å². The van der Waals surface area contributed by atoms with Crippen LogP contribution in [0.5, 0.6) is 0 Å². The van der Waals surface area contributed by atoms with E-state index in [0.717, 1.165) is 12.0 Å². The molecule has 0 aliphatic carbocycles. The predicted molar refractivity (Wildman–Crippen MR) is 78.3 cm³/mol. The van der Waals surface area contributed by atoms with Crippen LogP contribution in [0.3, 0.4) is 0 Å². The predicted octanol–water partition coefficient (Wildman–Crippen LogP) is 4.33. The molecule has 2 aromatic carbocycles. The molecule has 96 valence electrons. The van der Waals surface area contributed by atoms with Gasteiger partial charge in [-0.2, -0.15) is 0 Å². The Balaban J connectivity index is 1.96. The first-order valence-electron chi connectivity index (χ1n) is 6.21. The van der Waals surface area contributed by atoms with E-state index >= 15 is 0 Å². The standard InChI is InChI=1S/C16H14ClNO/c17-16-14(8-9-19-16)15(18)10-12-6-3-5-11-4-1-2-7-13(11)12/h1-9,15H,10,18H2. The summed E-state index contributed by atoms with van der Waals surface area (Å²) in [6.45, 7) is 0. The first kappa shape index (κ1) is 12.3. The van der Waals surface area contributed by atoms with Gasteiger partial charge in [0, 0.05) is 11.6 Å². The van der Waals surface area contributed by atoms with Crippen LogP contribution in [0.4, 0.5) is 0 Å². The van der Waals surface area contributed by atoms with Gasteiger partial charge < -0.3 is 10.2 Å². The normalized spacial score (nSPS) is 12.7. The third-order valence-electron chi connectivity index (χ3n) is 3.37. The summed E-state index contributed by atoms with van der Waals surface area (Å²) in [5.41, 5.74) is 8.30. The molecule has 0 spiro atoms. The highest BCUT2D eigenvalue weighted by Crippen LogP contribution is 2.27. The lowest BCUT2D eigenvalue weighted by Crippen LogP contribution is -2.13. The lowest BCUT2D eigenvalue weighted by Gasteiger charge is -2.12. The Labute approximate surface area is 116 Å². The van der Waals surface area contributed by atoms with Gasteiger partial charge >= 0.3 is 0 Å². The van der Waals surface area contributed by atoms with E-state index in [2.05, 4.69) is 30.3 Å².